The van der Waals surface area contributed by atoms with E-state index in [1.54, 1.807) is 0 Å². The third kappa shape index (κ3) is 2.22. The van der Waals surface area contributed by atoms with Crippen molar-refractivity contribution in [3.8, 4) is 6.07 Å². The molecular weight excluding hydrogens is 198 g/mol. The lowest BCUT2D eigenvalue weighted by molar-refractivity contribution is 0.239. The van der Waals surface area contributed by atoms with Gasteiger partial charge in [0.15, 0.2) is 0 Å². The highest BCUT2D eigenvalue weighted by Crippen LogP contribution is 2.30. The quantitative estimate of drug-likeness (QED) is 0.774. The Balaban J connectivity index is 2.13. The lowest BCUT2D eigenvalue weighted by atomic mass is 10.0. The second kappa shape index (κ2) is 4.80. The molecule has 1 unspecified atom stereocenters. The molecule has 0 saturated heterocycles. The first-order valence-corrected chi connectivity index (χ1v) is 5.54. The first-order chi connectivity index (χ1) is 7.81. The van der Waals surface area contributed by atoms with Crippen molar-refractivity contribution in [2.45, 2.75) is 25.8 Å². The Morgan fingerprint density at radius 3 is 2.88 bits per heavy atom. The van der Waals surface area contributed by atoms with Crippen LogP contribution in [-0.2, 0) is 0 Å². The van der Waals surface area contributed by atoms with Crippen molar-refractivity contribution < 1.29 is 0 Å². The molecule has 0 N–H and O–H groups in total. The van der Waals surface area contributed by atoms with Crippen LogP contribution in [0.2, 0.25) is 0 Å². The molecule has 0 fully saturated rings. The van der Waals surface area contributed by atoms with E-state index in [0.717, 1.165) is 12.1 Å². The summed E-state index contributed by atoms with van der Waals surface area (Å²) in [6, 6.07) is 12.8. The molecule has 3 nitrogen and oxygen atoms in total. The molecule has 0 amide bonds. The Morgan fingerprint density at radius 1 is 1.44 bits per heavy atom. The molecule has 0 aliphatic carbocycles. The largest absolute Gasteiger partial charge is 0.288 e. The molecule has 0 saturated carbocycles. The van der Waals surface area contributed by atoms with E-state index in [2.05, 4.69) is 23.3 Å². The zero-order chi connectivity index (χ0) is 11.4. The monoisotopic (exact) mass is 213 g/mol. The Bertz CT molecular complexity index is 417. The van der Waals surface area contributed by atoms with E-state index in [4.69, 9.17) is 5.26 Å². The number of hydrogen-bond donors (Lipinski definition) is 0. The molecule has 1 aromatic rings. The van der Waals surface area contributed by atoms with E-state index in [1.807, 2.05) is 30.1 Å². The SMILES string of the molecule is CC1=NN(CCC#N)C(c2ccccc2)C1. The molecule has 0 spiro atoms. The maximum Gasteiger partial charge on any atom is 0.0773 e. The van der Waals surface area contributed by atoms with E-state index < -0.39 is 0 Å². The van der Waals surface area contributed by atoms with Gasteiger partial charge < -0.3 is 0 Å². The highest BCUT2D eigenvalue weighted by Gasteiger charge is 2.25. The minimum absolute atomic E-state index is 0.314. The summed E-state index contributed by atoms with van der Waals surface area (Å²) < 4.78 is 0. The van der Waals surface area contributed by atoms with Crippen molar-refractivity contribution in [1.29, 1.82) is 5.26 Å². The van der Waals surface area contributed by atoms with Gasteiger partial charge in [-0.3, -0.25) is 5.01 Å². The molecule has 0 aromatic heterocycles. The van der Waals surface area contributed by atoms with Crippen LogP contribution in [0, 0.1) is 11.3 Å². The fourth-order valence-electron chi connectivity index (χ4n) is 2.05. The van der Waals surface area contributed by atoms with Gasteiger partial charge in [-0.1, -0.05) is 30.3 Å². The van der Waals surface area contributed by atoms with Gasteiger partial charge in [0, 0.05) is 18.7 Å². The average Bonchev–Trinajstić information content (AvgIpc) is 2.69. The summed E-state index contributed by atoms with van der Waals surface area (Å²) in [6.45, 7) is 2.76. The van der Waals surface area contributed by atoms with Gasteiger partial charge in [0.05, 0.1) is 18.5 Å². The van der Waals surface area contributed by atoms with Crippen molar-refractivity contribution >= 4 is 5.71 Å². The molecule has 1 heterocycles. The summed E-state index contributed by atoms with van der Waals surface area (Å²) in [7, 11) is 0. The predicted octanol–water partition coefficient (Wildman–Crippen LogP) is 2.72. The van der Waals surface area contributed by atoms with Crippen LogP contribution >= 0.6 is 0 Å². The summed E-state index contributed by atoms with van der Waals surface area (Å²) in [5.74, 6) is 0. The molecule has 1 aromatic carbocycles. The van der Waals surface area contributed by atoms with Crippen LogP contribution in [-0.4, -0.2) is 17.3 Å². The van der Waals surface area contributed by atoms with E-state index >= 15 is 0 Å². The second-order valence-electron chi connectivity index (χ2n) is 4.04. The van der Waals surface area contributed by atoms with E-state index in [0.29, 0.717) is 19.0 Å². The number of hydrazone groups is 1. The molecule has 1 aliphatic rings. The Hall–Kier alpha value is -1.82. The van der Waals surface area contributed by atoms with E-state index in [1.165, 1.54) is 5.56 Å². The van der Waals surface area contributed by atoms with Crippen LogP contribution in [0.15, 0.2) is 35.4 Å². The number of benzene rings is 1. The van der Waals surface area contributed by atoms with E-state index in [9.17, 15) is 0 Å². The van der Waals surface area contributed by atoms with Crippen molar-refractivity contribution in [2.75, 3.05) is 6.54 Å². The van der Waals surface area contributed by atoms with Gasteiger partial charge in [0.1, 0.15) is 0 Å². The minimum Gasteiger partial charge on any atom is -0.288 e. The van der Waals surface area contributed by atoms with Crippen LogP contribution in [0.25, 0.3) is 0 Å². The van der Waals surface area contributed by atoms with Gasteiger partial charge >= 0.3 is 0 Å². The van der Waals surface area contributed by atoms with Gasteiger partial charge in [0.25, 0.3) is 0 Å². The molecule has 1 aliphatic heterocycles. The lowest BCUT2D eigenvalue weighted by Gasteiger charge is -2.22. The number of rotatable bonds is 3. The van der Waals surface area contributed by atoms with Crippen LogP contribution < -0.4 is 0 Å². The third-order valence-corrected chi connectivity index (χ3v) is 2.78. The second-order valence-corrected chi connectivity index (χ2v) is 4.04. The molecule has 2 rings (SSSR count). The van der Waals surface area contributed by atoms with Gasteiger partial charge in [-0.05, 0) is 12.5 Å². The molecule has 0 radical (unpaired) electrons. The van der Waals surface area contributed by atoms with Crippen LogP contribution in [0.4, 0.5) is 0 Å². The fraction of sp³-hybridized carbons (Fsp3) is 0.385. The van der Waals surface area contributed by atoms with Crippen LogP contribution in [0.5, 0.6) is 0 Å². The maximum atomic E-state index is 8.62. The number of nitrogens with zero attached hydrogens (tertiary/aromatic N) is 3. The smallest absolute Gasteiger partial charge is 0.0773 e. The van der Waals surface area contributed by atoms with Gasteiger partial charge in [-0.15, -0.1) is 0 Å². The first kappa shape index (κ1) is 10.7. The van der Waals surface area contributed by atoms with Gasteiger partial charge in [0.2, 0.25) is 0 Å². The maximum absolute atomic E-state index is 8.62. The molecule has 0 bridgehead atoms. The topological polar surface area (TPSA) is 39.4 Å². The van der Waals surface area contributed by atoms with Crippen LogP contribution in [0.3, 0.4) is 0 Å². The minimum atomic E-state index is 0.314. The van der Waals surface area contributed by atoms with Gasteiger partial charge in [-0.2, -0.15) is 10.4 Å². The summed E-state index contributed by atoms with van der Waals surface area (Å²) in [5.41, 5.74) is 2.42. The highest BCUT2D eigenvalue weighted by molar-refractivity contribution is 5.83. The Morgan fingerprint density at radius 2 is 2.19 bits per heavy atom. The van der Waals surface area contributed by atoms with Crippen molar-refractivity contribution in [2.24, 2.45) is 5.10 Å². The summed E-state index contributed by atoms with van der Waals surface area (Å²) in [6.07, 6.45) is 1.50. The van der Waals surface area contributed by atoms with E-state index in [-0.39, 0.29) is 0 Å². The van der Waals surface area contributed by atoms with Crippen molar-refractivity contribution in [1.82, 2.24) is 5.01 Å². The van der Waals surface area contributed by atoms with Crippen LogP contribution in [0.1, 0.15) is 31.4 Å². The summed E-state index contributed by atoms with van der Waals surface area (Å²) >= 11 is 0. The Labute approximate surface area is 96.0 Å². The first-order valence-electron chi connectivity index (χ1n) is 5.54. The normalized spacial score (nSPS) is 19.4. The van der Waals surface area contributed by atoms with Crippen molar-refractivity contribution in [3.05, 3.63) is 35.9 Å². The molecule has 1 atom stereocenters. The molecule has 82 valence electrons. The summed E-state index contributed by atoms with van der Waals surface area (Å²) in [4.78, 5) is 0. The number of nitriles is 1. The lowest BCUT2D eigenvalue weighted by Crippen LogP contribution is -2.20. The summed E-state index contributed by atoms with van der Waals surface area (Å²) in [5, 5.41) is 15.1. The fourth-order valence-corrected chi connectivity index (χ4v) is 2.05. The third-order valence-electron chi connectivity index (χ3n) is 2.78. The average molecular weight is 213 g/mol. The predicted molar refractivity (Wildman–Crippen MR) is 63.8 cm³/mol. The zero-order valence-corrected chi connectivity index (χ0v) is 9.43. The zero-order valence-electron chi connectivity index (χ0n) is 9.43. The highest BCUT2D eigenvalue weighted by atomic mass is 15.5. The van der Waals surface area contributed by atoms with Gasteiger partial charge in [-0.25, -0.2) is 0 Å². The molecular formula is C13H15N3. The van der Waals surface area contributed by atoms with Crippen molar-refractivity contribution in [3.63, 3.8) is 0 Å². The molecule has 16 heavy (non-hydrogen) atoms. The molecule has 3 heteroatoms. The number of hydrogen-bond acceptors (Lipinski definition) is 3. The standard InChI is InChI=1S/C13H15N3/c1-11-10-13(12-6-3-2-4-7-12)16(15-11)9-5-8-14/h2-4,6-7,13H,5,9-10H2,1H3. The Kier molecular flexibility index (Phi) is 3.21.